The van der Waals surface area contributed by atoms with E-state index in [1.165, 1.54) is 12.1 Å². The Morgan fingerprint density at radius 3 is 1.81 bits per heavy atom. The van der Waals surface area contributed by atoms with E-state index in [1.54, 1.807) is 24.3 Å². The van der Waals surface area contributed by atoms with Gasteiger partial charge in [0.2, 0.25) is 0 Å². The average Bonchev–Trinajstić information content (AvgIpc) is 2.43. The molecule has 4 heteroatoms. The predicted molar refractivity (Wildman–Crippen MR) is 80.4 cm³/mol. The number of ketones is 1. The Balaban J connectivity index is 2.42. The first-order valence-corrected chi connectivity index (χ1v) is 6.78. The van der Waals surface area contributed by atoms with E-state index in [9.17, 15) is 15.0 Å². The Hall–Kier alpha value is -2.62. The summed E-state index contributed by atoms with van der Waals surface area (Å²) in [5.41, 5.74) is 2.07. The Morgan fingerprint density at radius 2 is 1.38 bits per heavy atom. The van der Waals surface area contributed by atoms with Crippen LogP contribution in [0.1, 0.15) is 40.9 Å². The summed E-state index contributed by atoms with van der Waals surface area (Å²) < 4.78 is 0. The first-order chi connectivity index (χ1) is 10.0. The molecule has 4 nitrogen and oxygen atoms in total. The molecular formula is C17H15NO3. The molecule has 0 saturated carbocycles. The molecule has 106 valence electrons. The van der Waals surface area contributed by atoms with Crippen LogP contribution in [0.15, 0.2) is 41.4 Å². The largest absolute Gasteiger partial charge is 0.507 e. The van der Waals surface area contributed by atoms with Crippen molar-refractivity contribution in [1.82, 2.24) is 0 Å². The highest BCUT2D eigenvalue weighted by Crippen LogP contribution is 2.36. The standard InChI is InChI=1S/C17H15NO3/c1-9(2)18-16-14-10(5-3-7-12(14)19)17(21)11-6-4-8-13(20)15(11)16/h3-9,19-20H,1-2H3. The van der Waals surface area contributed by atoms with Crippen LogP contribution in [0.25, 0.3) is 0 Å². The highest BCUT2D eigenvalue weighted by molar-refractivity contribution is 6.31. The summed E-state index contributed by atoms with van der Waals surface area (Å²) in [6.07, 6.45) is 0. The summed E-state index contributed by atoms with van der Waals surface area (Å²) >= 11 is 0. The van der Waals surface area contributed by atoms with Crippen LogP contribution in [0.4, 0.5) is 0 Å². The number of rotatable bonds is 1. The van der Waals surface area contributed by atoms with Gasteiger partial charge in [0.05, 0.1) is 16.8 Å². The van der Waals surface area contributed by atoms with Crippen LogP contribution in [-0.4, -0.2) is 27.7 Å². The fraction of sp³-hybridized carbons (Fsp3) is 0.176. The Kier molecular flexibility index (Phi) is 3.01. The van der Waals surface area contributed by atoms with Gasteiger partial charge < -0.3 is 10.2 Å². The lowest BCUT2D eigenvalue weighted by molar-refractivity contribution is 0.103. The minimum Gasteiger partial charge on any atom is -0.507 e. The molecule has 0 unspecified atom stereocenters. The third-order valence-electron chi connectivity index (χ3n) is 3.44. The van der Waals surface area contributed by atoms with Crippen LogP contribution in [-0.2, 0) is 0 Å². The average molecular weight is 281 g/mol. The number of carbonyl (C=O) groups excluding carboxylic acids is 1. The molecule has 21 heavy (non-hydrogen) atoms. The van der Waals surface area contributed by atoms with Crippen molar-refractivity contribution in [2.75, 3.05) is 0 Å². The van der Waals surface area contributed by atoms with E-state index in [1.807, 2.05) is 13.8 Å². The van der Waals surface area contributed by atoms with Crippen LogP contribution in [0.5, 0.6) is 11.5 Å². The summed E-state index contributed by atoms with van der Waals surface area (Å²) in [7, 11) is 0. The zero-order valence-corrected chi connectivity index (χ0v) is 11.8. The molecule has 0 amide bonds. The minimum absolute atomic E-state index is 0.00541. The second kappa shape index (κ2) is 4.74. The molecule has 0 radical (unpaired) electrons. The van der Waals surface area contributed by atoms with Crippen molar-refractivity contribution in [2.24, 2.45) is 4.99 Å². The molecule has 0 atom stereocenters. The summed E-state index contributed by atoms with van der Waals surface area (Å²) in [6.45, 7) is 3.81. The second-order valence-corrected chi connectivity index (χ2v) is 5.30. The maximum atomic E-state index is 12.6. The van der Waals surface area contributed by atoms with Gasteiger partial charge in [-0.25, -0.2) is 0 Å². The van der Waals surface area contributed by atoms with Crippen LogP contribution in [0.3, 0.4) is 0 Å². The monoisotopic (exact) mass is 281 g/mol. The molecule has 1 aliphatic carbocycles. The zero-order valence-electron chi connectivity index (χ0n) is 11.8. The first-order valence-electron chi connectivity index (χ1n) is 6.78. The van der Waals surface area contributed by atoms with E-state index in [4.69, 9.17) is 0 Å². The highest BCUT2D eigenvalue weighted by Gasteiger charge is 2.32. The van der Waals surface area contributed by atoms with Gasteiger partial charge in [-0.15, -0.1) is 0 Å². The maximum Gasteiger partial charge on any atom is 0.194 e. The fourth-order valence-electron chi connectivity index (χ4n) is 2.61. The number of benzene rings is 2. The van der Waals surface area contributed by atoms with Gasteiger partial charge in [0.15, 0.2) is 5.78 Å². The molecule has 0 fully saturated rings. The van der Waals surface area contributed by atoms with E-state index in [-0.39, 0.29) is 23.3 Å². The van der Waals surface area contributed by atoms with Crippen molar-refractivity contribution >= 4 is 11.5 Å². The van der Waals surface area contributed by atoms with Gasteiger partial charge in [0.1, 0.15) is 11.5 Å². The number of fused-ring (bicyclic) bond motifs is 2. The predicted octanol–water partition coefficient (Wildman–Crippen LogP) is 2.89. The van der Waals surface area contributed by atoms with Crippen molar-refractivity contribution in [3.8, 4) is 11.5 Å². The Labute approximate surface area is 122 Å². The summed E-state index contributed by atoms with van der Waals surface area (Å²) in [5.74, 6) is -0.224. The van der Waals surface area contributed by atoms with Crippen molar-refractivity contribution in [2.45, 2.75) is 19.9 Å². The van der Waals surface area contributed by atoms with E-state index in [2.05, 4.69) is 4.99 Å². The molecule has 0 heterocycles. The SMILES string of the molecule is CC(C)N=C1c2c(O)cccc2C(=O)c2cccc(O)c21. The van der Waals surface area contributed by atoms with E-state index in [0.717, 1.165) is 0 Å². The van der Waals surface area contributed by atoms with Gasteiger partial charge in [-0.05, 0) is 26.0 Å². The molecule has 0 aliphatic heterocycles. The van der Waals surface area contributed by atoms with Crippen LogP contribution in [0, 0.1) is 0 Å². The number of aromatic hydroxyl groups is 2. The zero-order chi connectivity index (χ0) is 15.1. The van der Waals surface area contributed by atoms with Crippen molar-refractivity contribution < 1.29 is 15.0 Å². The first kappa shape index (κ1) is 13.4. The molecule has 3 rings (SSSR count). The summed E-state index contributed by atoms with van der Waals surface area (Å²) in [4.78, 5) is 17.1. The summed E-state index contributed by atoms with van der Waals surface area (Å²) in [5, 5.41) is 20.3. The number of phenolic OH excluding ortho intramolecular Hbond substituents is 2. The summed E-state index contributed by atoms with van der Waals surface area (Å²) in [6, 6.07) is 9.60. The molecular weight excluding hydrogens is 266 g/mol. The van der Waals surface area contributed by atoms with Crippen LogP contribution >= 0.6 is 0 Å². The third kappa shape index (κ3) is 2.00. The molecule has 0 saturated heterocycles. The van der Waals surface area contributed by atoms with E-state index < -0.39 is 0 Å². The number of carbonyl (C=O) groups is 1. The molecule has 0 spiro atoms. The third-order valence-corrected chi connectivity index (χ3v) is 3.44. The minimum atomic E-state index is -0.213. The normalized spacial score (nSPS) is 13.1. The number of hydrogen-bond acceptors (Lipinski definition) is 4. The lowest BCUT2D eigenvalue weighted by Gasteiger charge is -2.22. The molecule has 2 aromatic carbocycles. The second-order valence-electron chi connectivity index (χ2n) is 5.30. The van der Waals surface area contributed by atoms with Crippen LogP contribution in [0.2, 0.25) is 0 Å². The Morgan fingerprint density at radius 1 is 0.905 bits per heavy atom. The lowest BCUT2D eigenvalue weighted by atomic mass is 9.82. The topological polar surface area (TPSA) is 69.9 Å². The molecule has 0 bridgehead atoms. The van der Waals surface area contributed by atoms with Gasteiger partial charge in [-0.2, -0.15) is 0 Å². The van der Waals surface area contributed by atoms with Crippen LogP contribution < -0.4 is 0 Å². The van der Waals surface area contributed by atoms with Crippen molar-refractivity contribution in [3.05, 3.63) is 58.7 Å². The van der Waals surface area contributed by atoms with E-state index >= 15 is 0 Å². The van der Waals surface area contributed by atoms with Gasteiger partial charge in [-0.3, -0.25) is 9.79 Å². The lowest BCUT2D eigenvalue weighted by Crippen LogP contribution is -2.22. The quantitative estimate of drug-likeness (QED) is 0.720. The smallest absolute Gasteiger partial charge is 0.194 e. The molecule has 1 aliphatic rings. The fourth-order valence-corrected chi connectivity index (χ4v) is 2.61. The van der Waals surface area contributed by atoms with E-state index in [0.29, 0.717) is 28.0 Å². The number of aliphatic imine (C=N–C) groups is 1. The van der Waals surface area contributed by atoms with Gasteiger partial charge in [0, 0.05) is 17.2 Å². The Bertz CT molecular complexity index is 718. The number of phenols is 2. The number of hydrogen-bond donors (Lipinski definition) is 2. The molecule has 0 aromatic heterocycles. The highest BCUT2D eigenvalue weighted by atomic mass is 16.3. The van der Waals surface area contributed by atoms with Gasteiger partial charge >= 0.3 is 0 Å². The molecule has 2 aromatic rings. The van der Waals surface area contributed by atoms with Gasteiger partial charge in [-0.1, -0.05) is 24.3 Å². The van der Waals surface area contributed by atoms with Crippen molar-refractivity contribution in [3.63, 3.8) is 0 Å². The maximum absolute atomic E-state index is 12.6. The number of nitrogens with zero attached hydrogens (tertiary/aromatic N) is 1. The molecule has 2 N–H and O–H groups in total. The van der Waals surface area contributed by atoms with Gasteiger partial charge in [0.25, 0.3) is 0 Å². The van der Waals surface area contributed by atoms with Crippen molar-refractivity contribution in [1.29, 1.82) is 0 Å².